The van der Waals surface area contributed by atoms with Gasteiger partial charge in [-0.2, -0.15) is 0 Å². The molecule has 0 saturated carbocycles. The second-order valence-corrected chi connectivity index (χ2v) is 12.8. The number of allylic oxidation sites excluding steroid dienone is 4. The molecule has 5 N–H and O–H groups in total. The van der Waals surface area contributed by atoms with E-state index in [9.17, 15) is 30.3 Å². The van der Waals surface area contributed by atoms with Gasteiger partial charge in [0.1, 0.15) is 28.8 Å². The van der Waals surface area contributed by atoms with E-state index in [4.69, 9.17) is 0 Å². The summed E-state index contributed by atoms with van der Waals surface area (Å²) in [6, 6.07) is 42.0. The smallest absolute Gasteiger partial charge is 0.207 e. The molecule has 5 aromatic rings. The van der Waals surface area contributed by atoms with Crippen molar-refractivity contribution in [3.05, 3.63) is 202 Å². The maximum atomic E-state index is 13.7. The molecular weight excluding hydrogens is 652 g/mol. The van der Waals surface area contributed by atoms with Crippen molar-refractivity contribution in [2.45, 2.75) is 26.2 Å². The fraction of sp³-hybridized carbons (Fsp3) is 0.0909. The van der Waals surface area contributed by atoms with Gasteiger partial charge in [0.15, 0.2) is 13.1 Å². The number of aliphatic hydroxyl groups excluding tert-OH is 3. The van der Waals surface area contributed by atoms with Crippen LogP contribution in [-0.4, -0.2) is 41.6 Å². The van der Waals surface area contributed by atoms with E-state index in [2.05, 4.69) is 0 Å². The number of phenolic OH excluding ortho intramolecular Hbond substituents is 2. The number of nitrogens with zero attached hydrogens (tertiary/aromatic N) is 2. The minimum atomic E-state index is -0.745. The van der Waals surface area contributed by atoms with Crippen LogP contribution in [0.2, 0.25) is 0 Å². The van der Waals surface area contributed by atoms with Crippen molar-refractivity contribution >= 4 is 22.8 Å². The lowest BCUT2D eigenvalue weighted by molar-refractivity contribution is -0.558. The van der Waals surface area contributed by atoms with Crippen LogP contribution < -0.4 is 4.90 Å². The second kappa shape index (κ2) is 14.6. The van der Waals surface area contributed by atoms with Gasteiger partial charge in [0.25, 0.3) is 0 Å². The molecule has 2 aliphatic carbocycles. The molecular formula is C44H37N2O6+. The molecule has 0 atom stereocenters. The molecule has 7 rings (SSSR count). The van der Waals surface area contributed by atoms with Gasteiger partial charge in [0.05, 0.1) is 34.4 Å². The summed E-state index contributed by atoms with van der Waals surface area (Å²) in [5.41, 5.74) is 3.98. The standard InChI is InChI=1S/C44H36N2O6/c47-35-21-33(45(25-29-13-5-1-6-14-29)26-30-15-7-2-8-16-30)22-36(48)39(35)41-43(51)42(44(41)52)40-37(49)23-34(24-38(40)50)46(27-31-17-9-3-10-18-31)28-32-19-11-4-12-20-32/h1-24H,25-28H2,(H4,47,48,49,50,51,52)/p+1. The van der Waals surface area contributed by atoms with Crippen LogP contribution in [-0.2, 0) is 31.0 Å². The van der Waals surface area contributed by atoms with E-state index in [1.54, 1.807) is 0 Å². The zero-order valence-corrected chi connectivity index (χ0v) is 28.2. The van der Waals surface area contributed by atoms with E-state index >= 15 is 0 Å². The molecule has 5 aromatic carbocycles. The summed E-state index contributed by atoms with van der Waals surface area (Å²) in [4.78, 5) is 15.6. The van der Waals surface area contributed by atoms with Crippen LogP contribution in [0, 0.1) is 0 Å². The third-order valence-electron chi connectivity index (χ3n) is 9.19. The first-order valence-electron chi connectivity index (χ1n) is 16.9. The summed E-state index contributed by atoms with van der Waals surface area (Å²) < 4.78 is 1.98. The van der Waals surface area contributed by atoms with Gasteiger partial charge in [0.2, 0.25) is 11.5 Å². The van der Waals surface area contributed by atoms with Crippen molar-refractivity contribution < 1.29 is 34.9 Å². The molecule has 0 bridgehead atoms. The zero-order chi connectivity index (χ0) is 36.2. The second-order valence-electron chi connectivity index (χ2n) is 12.8. The van der Waals surface area contributed by atoms with Gasteiger partial charge in [-0.15, -0.1) is 0 Å². The number of benzene rings is 5. The zero-order valence-electron chi connectivity index (χ0n) is 28.2. The Hall–Kier alpha value is -6.80. The normalized spacial score (nSPS) is 14.2. The number of carbonyl (C=O) groups excluding carboxylic acids is 1. The minimum Gasteiger partial charge on any atom is -0.507 e. The number of aromatic hydroxyl groups is 2. The lowest BCUT2D eigenvalue weighted by Crippen LogP contribution is -2.27. The lowest BCUT2D eigenvalue weighted by Gasteiger charge is -2.28. The number of anilines is 1. The maximum absolute atomic E-state index is 13.7. The summed E-state index contributed by atoms with van der Waals surface area (Å²) >= 11 is 0. The number of aliphatic hydroxyl groups is 3. The fourth-order valence-corrected chi connectivity index (χ4v) is 6.63. The first-order valence-corrected chi connectivity index (χ1v) is 16.9. The summed E-state index contributed by atoms with van der Waals surface area (Å²) in [5.74, 6) is -2.93. The molecule has 0 spiro atoms. The molecule has 0 heterocycles. The summed E-state index contributed by atoms with van der Waals surface area (Å²) in [5, 5.41) is 56.2. The predicted molar refractivity (Wildman–Crippen MR) is 201 cm³/mol. The van der Waals surface area contributed by atoms with Crippen molar-refractivity contribution in [3.63, 3.8) is 0 Å². The number of Topliss-reactive ketones (excluding diaryl/α,β-unsaturated/α-hetero) is 1. The molecule has 0 fully saturated rings. The van der Waals surface area contributed by atoms with E-state index in [0.717, 1.165) is 22.3 Å². The molecule has 0 unspecified atom stereocenters. The number of ketones is 1. The lowest BCUT2D eigenvalue weighted by atomic mass is 9.78. The Morgan fingerprint density at radius 2 is 0.904 bits per heavy atom. The first kappa shape index (κ1) is 33.7. The quantitative estimate of drug-likeness (QED) is 0.0740. The Kier molecular flexibility index (Phi) is 9.45. The van der Waals surface area contributed by atoms with Crippen molar-refractivity contribution in [1.29, 1.82) is 0 Å². The highest BCUT2D eigenvalue weighted by Gasteiger charge is 2.42. The fourth-order valence-electron chi connectivity index (χ4n) is 6.63. The first-order chi connectivity index (χ1) is 25.3. The summed E-state index contributed by atoms with van der Waals surface area (Å²) in [7, 11) is 0. The third-order valence-corrected chi connectivity index (χ3v) is 9.19. The van der Waals surface area contributed by atoms with E-state index in [0.29, 0.717) is 37.6 Å². The molecule has 8 heteroatoms. The van der Waals surface area contributed by atoms with Crippen LogP contribution in [0.25, 0.3) is 5.57 Å². The molecule has 0 saturated heterocycles. The molecule has 8 nitrogen and oxygen atoms in total. The topological polar surface area (TPSA) is 124 Å². The third kappa shape index (κ3) is 6.95. The maximum Gasteiger partial charge on any atom is 0.207 e. The molecule has 2 aliphatic rings. The van der Waals surface area contributed by atoms with Crippen molar-refractivity contribution in [2.75, 3.05) is 4.90 Å². The Morgan fingerprint density at radius 1 is 0.500 bits per heavy atom. The Balaban J connectivity index is 1.23. The van der Waals surface area contributed by atoms with Crippen LogP contribution in [0.15, 0.2) is 174 Å². The SMILES string of the molecule is O=C1C(=C2C(O)=CC(=[N+](Cc3ccccc3)Cc3ccccc3)C=C2O)C(O)=C1c1c(O)cc(N(Cc2ccccc2)Cc2ccccc2)cc1O. The average Bonchev–Trinajstić information content (AvgIpc) is 3.15. The van der Waals surface area contributed by atoms with Gasteiger partial charge in [-0.05, 0) is 11.1 Å². The largest absolute Gasteiger partial charge is 0.507 e. The molecule has 258 valence electrons. The average molecular weight is 690 g/mol. The highest BCUT2D eigenvalue weighted by molar-refractivity contribution is 6.40. The van der Waals surface area contributed by atoms with Crippen LogP contribution >= 0.6 is 0 Å². The van der Waals surface area contributed by atoms with Gasteiger partial charge in [0, 0.05) is 42.0 Å². The highest BCUT2D eigenvalue weighted by Crippen LogP contribution is 2.48. The molecule has 52 heavy (non-hydrogen) atoms. The van der Waals surface area contributed by atoms with Crippen molar-refractivity contribution in [3.8, 4) is 11.5 Å². The van der Waals surface area contributed by atoms with Crippen LogP contribution in [0.1, 0.15) is 27.8 Å². The summed E-state index contributed by atoms with van der Waals surface area (Å²) in [6.45, 7) is 1.89. The Labute approximate surface area is 301 Å². The highest BCUT2D eigenvalue weighted by atomic mass is 16.3. The van der Waals surface area contributed by atoms with Gasteiger partial charge in [-0.1, -0.05) is 121 Å². The molecule has 0 amide bonds. The predicted octanol–water partition coefficient (Wildman–Crippen LogP) is 8.20. The Morgan fingerprint density at radius 3 is 1.31 bits per heavy atom. The molecule has 0 aliphatic heterocycles. The van der Waals surface area contributed by atoms with Gasteiger partial charge in [-0.25, -0.2) is 4.58 Å². The number of hydrogen-bond donors (Lipinski definition) is 5. The number of carbonyl (C=O) groups is 1. The van der Waals surface area contributed by atoms with Crippen molar-refractivity contribution in [2.24, 2.45) is 0 Å². The number of hydrogen-bond acceptors (Lipinski definition) is 7. The van der Waals surface area contributed by atoms with Crippen molar-refractivity contribution in [1.82, 2.24) is 0 Å². The van der Waals surface area contributed by atoms with Crippen LogP contribution in [0.5, 0.6) is 11.5 Å². The minimum absolute atomic E-state index is 0.234. The van der Waals surface area contributed by atoms with Gasteiger partial charge >= 0.3 is 0 Å². The van der Waals surface area contributed by atoms with E-state index in [-0.39, 0.29) is 22.3 Å². The Bertz CT molecular complexity index is 2160. The molecule has 0 aromatic heterocycles. The number of phenols is 2. The number of rotatable bonds is 10. The van der Waals surface area contributed by atoms with E-state index < -0.39 is 34.6 Å². The van der Waals surface area contributed by atoms with Gasteiger partial charge < -0.3 is 30.4 Å². The van der Waals surface area contributed by atoms with Gasteiger partial charge in [-0.3, -0.25) is 4.79 Å². The van der Waals surface area contributed by atoms with Crippen LogP contribution in [0.4, 0.5) is 5.69 Å². The van der Waals surface area contributed by atoms with E-state index in [1.165, 1.54) is 24.3 Å². The molecule has 0 radical (unpaired) electrons. The van der Waals surface area contributed by atoms with Crippen LogP contribution in [0.3, 0.4) is 0 Å². The van der Waals surface area contributed by atoms with E-state index in [1.807, 2.05) is 131 Å². The monoisotopic (exact) mass is 689 g/mol. The summed E-state index contributed by atoms with van der Waals surface area (Å²) in [6.07, 6.45) is 2.90.